The summed E-state index contributed by atoms with van der Waals surface area (Å²) in [6.45, 7) is 0.755. The van der Waals surface area contributed by atoms with Gasteiger partial charge >= 0.3 is 6.09 Å². The molecule has 4 rings (SSSR count). The van der Waals surface area contributed by atoms with Gasteiger partial charge in [-0.1, -0.05) is 6.07 Å². The van der Waals surface area contributed by atoms with E-state index in [0.29, 0.717) is 48.0 Å². The average molecular weight is 444 g/mol. The molecule has 3 N–H and O–H groups in total. The van der Waals surface area contributed by atoms with Crippen molar-refractivity contribution < 1.29 is 24.2 Å². The molecule has 1 aliphatic rings. The summed E-state index contributed by atoms with van der Waals surface area (Å²) in [6, 6.07) is 18.8. The van der Waals surface area contributed by atoms with Crippen molar-refractivity contribution >= 4 is 12.0 Å². The molecule has 0 bridgehead atoms. The number of amides is 2. The molecular weight excluding hydrogens is 424 g/mol. The molecule has 9 heteroatoms. The molecule has 2 amide bonds. The Morgan fingerprint density at radius 2 is 1.79 bits per heavy atom. The molecule has 166 valence electrons. The number of ether oxygens (including phenoxy) is 2. The van der Waals surface area contributed by atoms with E-state index in [9.17, 15) is 14.7 Å². The Kier molecular flexibility index (Phi) is 6.09. The number of benzene rings is 2. The third-order valence-corrected chi connectivity index (χ3v) is 5.26. The standard InChI is InChI=1S/C24H20N4O5/c25-13-15-2-1-3-19(12-15)32-17-4-6-18(7-5-17)33-23-20(22(26)29)8-9-21(27-23)16-10-11-28(14-16)24(30)31/h1-9,12,16H,10-11,14H2,(H2,26,29)(H,30,31). The number of carboxylic acid groups (broad SMARTS) is 1. The van der Waals surface area contributed by atoms with Crippen molar-refractivity contribution in [3.8, 4) is 29.2 Å². The number of nitriles is 1. The van der Waals surface area contributed by atoms with Gasteiger partial charge < -0.3 is 25.2 Å². The van der Waals surface area contributed by atoms with Gasteiger partial charge in [-0.05, 0) is 61.0 Å². The summed E-state index contributed by atoms with van der Waals surface area (Å²) < 4.78 is 11.6. The van der Waals surface area contributed by atoms with Crippen molar-refractivity contribution in [1.29, 1.82) is 5.26 Å². The molecule has 1 aliphatic heterocycles. The van der Waals surface area contributed by atoms with Gasteiger partial charge in [0.15, 0.2) is 0 Å². The highest BCUT2D eigenvalue weighted by atomic mass is 16.5. The van der Waals surface area contributed by atoms with Crippen molar-refractivity contribution in [3.05, 3.63) is 77.5 Å². The van der Waals surface area contributed by atoms with Crippen LogP contribution in [0.15, 0.2) is 60.7 Å². The summed E-state index contributed by atoms with van der Waals surface area (Å²) >= 11 is 0. The Balaban J connectivity index is 1.52. The minimum atomic E-state index is -0.968. The summed E-state index contributed by atoms with van der Waals surface area (Å²) in [5, 5.41) is 18.2. The quantitative estimate of drug-likeness (QED) is 0.583. The van der Waals surface area contributed by atoms with Crippen molar-refractivity contribution in [2.75, 3.05) is 13.1 Å². The largest absolute Gasteiger partial charge is 0.465 e. The molecule has 2 aromatic carbocycles. The molecule has 1 unspecified atom stereocenters. The molecular formula is C24H20N4O5. The molecule has 1 fully saturated rings. The SMILES string of the molecule is N#Cc1cccc(Oc2ccc(Oc3nc(C4CCN(C(=O)O)C4)ccc3C(N)=O)cc2)c1. The highest BCUT2D eigenvalue weighted by Gasteiger charge is 2.29. The molecule has 0 spiro atoms. The predicted molar refractivity (Wildman–Crippen MR) is 117 cm³/mol. The number of hydrogen-bond donors (Lipinski definition) is 2. The van der Waals surface area contributed by atoms with E-state index < -0.39 is 12.0 Å². The van der Waals surface area contributed by atoms with E-state index in [4.69, 9.17) is 20.5 Å². The first-order valence-electron chi connectivity index (χ1n) is 10.2. The Morgan fingerprint density at radius 3 is 2.42 bits per heavy atom. The Hall–Kier alpha value is -4.58. The average Bonchev–Trinajstić information content (AvgIpc) is 3.31. The van der Waals surface area contributed by atoms with E-state index >= 15 is 0 Å². The zero-order valence-electron chi connectivity index (χ0n) is 17.5. The maximum absolute atomic E-state index is 11.9. The van der Waals surface area contributed by atoms with Crippen molar-refractivity contribution in [1.82, 2.24) is 9.88 Å². The maximum Gasteiger partial charge on any atom is 0.407 e. The lowest BCUT2D eigenvalue weighted by atomic mass is 10.0. The molecule has 0 radical (unpaired) electrons. The number of likely N-dealkylation sites (tertiary alicyclic amines) is 1. The summed E-state index contributed by atoms with van der Waals surface area (Å²) in [5.74, 6) is 0.766. The molecule has 1 saturated heterocycles. The zero-order valence-corrected chi connectivity index (χ0v) is 17.5. The Morgan fingerprint density at radius 1 is 1.06 bits per heavy atom. The Bertz CT molecular complexity index is 1240. The fourth-order valence-corrected chi connectivity index (χ4v) is 3.58. The van der Waals surface area contributed by atoms with Gasteiger partial charge in [0.05, 0.1) is 11.6 Å². The van der Waals surface area contributed by atoms with Gasteiger partial charge in [0.25, 0.3) is 5.91 Å². The number of hydrogen-bond acceptors (Lipinski definition) is 6. The van der Waals surface area contributed by atoms with E-state index in [1.807, 2.05) is 0 Å². The number of primary amides is 1. The first-order chi connectivity index (χ1) is 15.9. The molecule has 2 heterocycles. The second-order valence-electron chi connectivity index (χ2n) is 7.48. The Labute approximate surface area is 189 Å². The van der Waals surface area contributed by atoms with Gasteiger partial charge in [0.1, 0.15) is 22.8 Å². The highest BCUT2D eigenvalue weighted by molar-refractivity contribution is 5.95. The normalized spacial score (nSPS) is 15.0. The number of carbonyl (C=O) groups excluding carboxylic acids is 1. The van der Waals surface area contributed by atoms with Crippen LogP contribution in [-0.2, 0) is 0 Å². The zero-order chi connectivity index (χ0) is 23.4. The number of nitrogens with zero attached hydrogens (tertiary/aromatic N) is 3. The molecule has 1 atom stereocenters. The topological polar surface area (TPSA) is 139 Å². The number of nitrogens with two attached hydrogens (primary N) is 1. The van der Waals surface area contributed by atoms with Crippen LogP contribution in [0.3, 0.4) is 0 Å². The summed E-state index contributed by atoms with van der Waals surface area (Å²) in [6.07, 6.45) is -0.336. The van der Waals surface area contributed by atoms with Crippen LogP contribution >= 0.6 is 0 Å². The van der Waals surface area contributed by atoms with Gasteiger partial charge in [-0.25, -0.2) is 9.78 Å². The van der Waals surface area contributed by atoms with Gasteiger partial charge in [-0.2, -0.15) is 5.26 Å². The third-order valence-electron chi connectivity index (χ3n) is 5.26. The van der Waals surface area contributed by atoms with E-state index in [1.54, 1.807) is 60.7 Å². The molecule has 3 aromatic rings. The van der Waals surface area contributed by atoms with Crippen molar-refractivity contribution in [2.24, 2.45) is 5.73 Å². The molecule has 0 saturated carbocycles. The smallest absolute Gasteiger partial charge is 0.407 e. The molecule has 9 nitrogen and oxygen atoms in total. The number of rotatable bonds is 6. The summed E-state index contributed by atoms with van der Waals surface area (Å²) in [7, 11) is 0. The summed E-state index contributed by atoms with van der Waals surface area (Å²) in [5.41, 5.74) is 6.73. The van der Waals surface area contributed by atoms with Crippen molar-refractivity contribution in [3.63, 3.8) is 0 Å². The van der Waals surface area contributed by atoms with Crippen LogP contribution in [-0.4, -0.2) is 40.1 Å². The van der Waals surface area contributed by atoms with E-state index in [-0.39, 0.29) is 17.4 Å². The van der Waals surface area contributed by atoms with E-state index in [0.717, 1.165) is 0 Å². The van der Waals surface area contributed by atoms with Crippen LogP contribution in [0.5, 0.6) is 23.1 Å². The monoisotopic (exact) mass is 444 g/mol. The van der Waals surface area contributed by atoms with E-state index in [1.165, 1.54) is 4.90 Å². The lowest BCUT2D eigenvalue weighted by molar-refractivity contribution is 0.0997. The van der Waals surface area contributed by atoms with Crippen LogP contribution in [0.25, 0.3) is 0 Å². The first kappa shape index (κ1) is 21.6. The fraction of sp³-hybridized carbons (Fsp3) is 0.167. The first-order valence-corrected chi connectivity index (χ1v) is 10.2. The van der Waals surface area contributed by atoms with Crippen LogP contribution in [0.1, 0.15) is 34.0 Å². The van der Waals surface area contributed by atoms with Gasteiger partial charge in [0, 0.05) is 24.7 Å². The lowest BCUT2D eigenvalue weighted by Gasteiger charge is -2.14. The minimum Gasteiger partial charge on any atom is -0.465 e. The number of carbonyl (C=O) groups is 2. The number of pyridine rings is 1. The fourth-order valence-electron chi connectivity index (χ4n) is 3.58. The molecule has 33 heavy (non-hydrogen) atoms. The second kappa shape index (κ2) is 9.28. The van der Waals surface area contributed by atoms with Gasteiger partial charge in [-0.15, -0.1) is 0 Å². The van der Waals surface area contributed by atoms with Crippen LogP contribution in [0, 0.1) is 11.3 Å². The van der Waals surface area contributed by atoms with Crippen molar-refractivity contribution in [2.45, 2.75) is 12.3 Å². The second-order valence-corrected chi connectivity index (χ2v) is 7.48. The van der Waals surface area contributed by atoms with Crippen LogP contribution < -0.4 is 15.2 Å². The number of aromatic nitrogens is 1. The maximum atomic E-state index is 11.9. The third kappa shape index (κ3) is 5.02. The predicted octanol–water partition coefficient (Wildman–Crippen LogP) is 4.10. The van der Waals surface area contributed by atoms with Crippen LogP contribution in [0.2, 0.25) is 0 Å². The highest BCUT2D eigenvalue weighted by Crippen LogP contribution is 2.31. The summed E-state index contributed by atoms with van der Waals surface area (Å²) in [4.78, 5) is 28.9. The van der Waals surface area contributed by atoms with Gasteiger partial charge in [-0.3, -0.25) is 4.79 Å². The molecule has 1 aromatic heterocycles. The minimum absolute atomic E-state index is 0.0594. The molecule has 0 aliphatic carbocycles. The van der Waals surface area contributed by atoms with E-state index in [2.05, 4.69) is 11.1 Å². The lowest BCUT2D eigenvalue weighted by Crippen LogP contribution is -2.26. The van der Waals surface area contributed by atoms with Gasteiger partial charge in [0.2, 0.25) is 5.88 Å². The van der Waals surface area contributed by atoms with Crippen LogP contribution in [0.4, 0.5) is 4.79 Å².